The Morgan fingerprint density at radius 1 is 1.50 bits per heavy atom. The molecule has 0 unspecified atom stereocenters. The van der Waals surface area contributed by atoms with Crippen LogP contribution < -0.4 is 5.73 Å². The molecule has 1 fully saturated rings. The Labute approximate surface area is 101 Å². The van der Waals surface area contributed by atoms with Crippen LogP contribution in [0.5, 0.6) is 0 Å². The Bertz CT molecular complexity index is 339. The van der Waals surface area contributed by atoms with Crippen LogP contribution >= 0.6 is 11.3 Å². The number of anilines is 1. The van der Waals surface area contributed by atoms with E-state index in [0.717, 1.165) is 5.69 Å². The highest BCUT2D eigenvalue weighted by atomic mass is 32.1. The van der Waals surface area contributed by atoms with Gasteiger partial charge in [0.1, 0.15) is 0 Å². The lowest BCUT2D eigenvalue weighted by Crippen LogP contribution is -2.26. The number of rotatable bonds is 3. The van der Waals surface area contributed by atoms with Crippen LogP contribution in [0.4, 0.5) is 5.13 Å². The monoisotopic (exact) mass is 240 g/mol. The quantitative estimate of drug-likeness (QED) is 0.882. The van der Waals surface area contributed by atoms with Crippen LogP contribution in [0.3, 0.4) is 0 Å². The van der Waals surface area contributed by atoms with Gasteiger partial charge in [-0.05, 0) is 31.1 Å². The molecule has 0 spiro atoms. The van der Waals surface area contributed by atoms with Crippen LogP contribution in [0.15, 0.2) is 5.38 Å². The van der Waals surface area contributed by atoms with Crippen LogP contribution in [-0.4, -0.2) is 11.1 Å². The molecule has 1 aliphatic rings. The molecule has 2 rings (SSSR count). The van der Waals surface area contributed by atoms with Crippen molar-refractivity contribution in [2.24, 2.45) is 5.41 Å². The molecule has 2 N–H and O–H groups in total. The topological polar surface area (TPSA) is 48.1 Å². The largest absolute Gasteiger partial charge is 0.375 e. The van der Waals surface area contributed by atoms with Gasteiger partial charge in [-0.15, -0.1) is 11.3 Å². The Morgan fingerprint density at radius 2 is 2.19 bits per heavy atom. The maximum Gasteiger partial charge on any atom is 0.180 e. The summed E-state index contributed by atoms with van der Waals surface area (Å²) in [5.41, 5.74) is 7.04. The summed E-state index contributed by atoms with van der Waals surface area (Å²) >= 11 is 1.48. The van der Waals surface area contributed by atoms with E-state index < -0.39 is 0 Å². The number of thiazole rings is 1. The molecule has 1 heterocycles. The van der Waals surface area contributed by atoms with E-state index in [4.69, 9.17) is 10.5 Å². The van der Waals surface area contributed by atoms with Crippen molar-refractivity contribution in [2.45, 2.75) is 52.2 Å². The van der Waals surface area contributed by atoms with E-state index in [-0.39, 0.29) is 0 Å². The van der Waals surface area contributed by atoms with E-state index in [9.17, 15) is 0 Å². The summed E-state index contributed by atoms with van der Waals surface area (Å²) in [6.07, 6.45) is 5.28. The SMILES string of the molecule is CC1(C)CCC(OCc2csc(N)n2)CC1. The van der Waals surface area contributed by atoms with Crippen molar-refractivity contribution < 1.29 is 4.74 Å². The Balaban J connectivity index is 1.75. The van der Waals surface area contributed by atoms with Crippen molar-refractivity contribution >= 4 is 16.5 Å². The lowest BCUT2D eigenvalue weighted by molar-refractivity contribution is -0.00667. The molecule has 0 amide bonds. The molecule has 1 aromatic rings. The van der Waals surface area contributed by atoms with Gasteiger partial charge in [-0.2, -0.15) is 0 Å². The number of nitrogens with two attached hydrogens (primary N) is 1. The first-order chi connectivity index (χ1) is 7.55. The molecule has 1 aliphatic carbocycles. The zero-order chi connectivity index (χ0) is 11.6. The summed E-state index contributed by atoms with van der Waals surface area (Å²) in [6, 6.07) is 0. The van der Waals surface area contributed by atoms with Crippen molar-refractivity contribution in [2.75, 3.05) is 5.73 Å². The molecule has 0 saturated heterocycles. The first-order valence-corrected chi connectivity index (χ1v) is 6.75. The highest BCUT2D eigenvalue weighted by molar-refractivity contribution is 7.13. The lowest BCUT2D eigenvalue weighted by atomic mass is 9.76. The number of hydrogen-bond donors (Lipinski definition) is 1. The van der Waals surface area contributed by atoms with Crippen LogP contribution in [0.25, 0.3) is 0 Å². The van der Waals surface area contributed by atoms with E-state index >= 15 is 0 Å². The molecule has 1 aromatic heterocycles. The van der Waals surface area contributed by atoms with E-state index in [1.807, 2.05) is 5.38 Å². The van der Waals surface area contributed by atoms with Gasteiger partial charge < -0.3 is 10.5 Å². The van der Waals surface area contributed by atoms with Crippen molar-refractivity contribution in [3.63, 3.8) is 0 Å². The molecule has 0 radical (unpaired) electrons. The van der Waals surface area contributed by atoms with Crippen LogP contribution in [0.2, 0.25) is 0 Å². The predicted octanol–water partition coefficient (Wildman–Crippen LogP) is 3.21. The summed E-state index contributed by atoms with van der Waals surface area (Å²) < 4.78 is 5.86. The minimum atomic E-state index is 0.413. The summed E-state index contributed by atoms with van der Waals surface area (Å²) in [5.74, 6) is 0. The molecule has 16 heavy (non-hydrogen) atoms. The Morgan fingerprint density at radius 3 is 2.75 bits per heavy atom. The van der Waals surface area contributed by atoms with Crippen molar-refractivity contribution in [3.05, 3.63) is 11.1 Å². The molecule has 1 saturated carbocycles. The minimum absolute atomic E-state index is 0.413. The third-order valence-corrected chi connectivity index (χ3v) is 4.05. The van der Waals surface area contributed by atoms with Gasteiger partial charge in [0.25, 0.3) is 0 Å². The summed E-state index contributed by atoms with van der Waals surface area (Å²) in [7, 11) is 0. The maximum absolute atomic E-state index is 5.86. The van der Waals surface area contributed by atoms with Gasteiger partial charge in [0, 0.05) is 5.38 Å². The second-order valence-corrected chi connectivity index (χ2v) is 6.24. The van der Waals surface area contributed by atoms with Gasteiger partial charge in [-0.3, -0.25) is 0 Å². The molecular weight excluding hydrogens is 220 g/mol. The Kier molecular flexibility index (Phi) is 3.50. The fourth-order valence-corrected chi connectivity index (χ4v) is 2.68. The van der Waals surface area contributed by atoms with Crippen LogP contribution in [0, 0.1) is 5.41 Å². The van der Waals surface area contributed by atoms with Crippen LogP contribution in [0.1, 0.15) is 45.2 Å². The van der Waals surface area contributed by atoms with Gasteiger partial charge in [-0.25, -0.2) is 4.98 Å². The van der Waals surface area contributed by atoms with Crippen molar-refractivity contribution in [1.29, 1.82) is 0 Å². The lowest BCUT2D eigenvalue weighted by Gasteiger charge is -2.34. The third kappa shape index (κ3) is 3.19. The Hall–Kier alpha value is -0.610. The van der Waals surface area contributed by atoms with Gasteiger partial charge >= 0.3 is 0 Å². The summed E-state index contributed by atoms with van der Waals surface area (Å²) in [5, 5.41) is 2.60. The zero-order valence-electron chi connectivity index (χ0n) is 10.0. The normalized spacial score (nSPS) is 21.1. The third-order valence-electron chi connectivity index (χ3n) is 3.32. The first kappa shape index (κ1) is 11.9. The zero-order valence-corrected chi connectivity index (χ0v) is 10.8. The highest BCUT2D eigenvalue weighted by Crippen LogP contribution is 2.36. The molecule has 0 atom stereocenters. The van der Waals surface area contributed by atoms with E-state index in [0.29, 0.717) is 23.3 Å². The van der Waals surface area contributed by atoms with Gasteiger partial charge in [0.15, 0.2) is 5.13 Å². The average molecular weight is 240 g/mol. The molecule has 0 bridgehead atoms. The summed E-state index contributed by atoms with van der Waals surface area (Å²) in [6.45, 7) is 5.29. The standard InChI is InChI=1S/C12H20N2OS/c1-12(2)5-3-10(4-6-12)15-7-9-8-16-11(13)14-9/h8,10H,3-7H2,1-2H3,(H2,13,14). The fourth-order valence-electron chi connectivity index (χ4n) is 2.13. The highest BCUT2D eigenvalue weighted by Gasteiger charge is 2.27. The number of nitrogens with zero attached hydrogens (tertiary/aromatic N) is 1. The predicted molar refractivity (Wildman–Crippen MR) is 67.4 cm³/mol. The molecule has 3 nitrogen and oxygen atoms in total. The smallest absolute Gasteiger partial charge is 0.180 e. The number of nitrogen functional groups attached to an aromatic ring is 1. The first-order valence-electron chi connectivity index (χ1n) is 5.87. The van der Waals surface area contributed by atoms with Gasteiger partial charge in [-0.1, -0.05) is 13.8 Å². The van der Waals surface area contributed by atoms with Crippen molar-refractivity contribution in [3.8, 4) is 0 Å². The number of hydrogen-bond acceptors (Lipinski definition) is 4. The van der Waals surface area contributed by atoms with Crippen LogP contribution in [-0.2, 0) is 11.3 Å². The molecule has 90 valence electrons. The second-order valence-electron chi connectivity index (χ2n) is 5.35. The number of ether oxygens (including phenoxy) is 1. The minimum Gasteiger partial charge on any atom is -0.375 e. The van der Waals surface area contributed by atoms with Crippen molar-refractivity contribution in [1.82, 2.24) is 4.98 Å². The maximum atomic E-state index is 5.86. The van der Waals surface area contributed by atoms with Gasteiger partial charge in [0.2, 0.25) is 0 Å². The van der Waals surface area contributed by atoms with E-state index in [2.05, 4.69) is 18.8 Å². The second kappa shape index (κ2) is 4.72. The van der Waals surface area contributed by atoms with Gasteiger partial charge in [0.05, 0.1) is 18.4 Å². The molecular formula is C12H20N2OS. The molecule has 0 aliphatic heterocycles. The molecule has 4 heteroatoms. The fraction of sp³-hybridized carbons (Fsp3) is 0.750. The summed E-state index contributed by atoms with van der Waals surface area (Å²) in [4.78, 5) is 4.19. The van der Waals surface area contributed by atoms with E-state index in [1.165, 1.54) is 37.0 Å². The average Bonchev–Trinajstić information content (AvgIpc) is 2.63. The van der Waals surface area contributed by atoms with E-state index in [1.54, 1.807) is 0 Å². The molecule has 0 aromatic carbocycles. The number of aromatic nitrogens is 1.